The lowest BCUT2D eigenvalue weighted by molar-refractivity contribution is 0.250. The Morgan fingerprint density at radius 3 is 2.60 bits per heavy atom. The van der Waals surface area contributed by atoms with Crippen LogP contribution < -0.4 is 5.32 Å². The van der Waals surface area contributed by atoms with E-state index < -0.39 is 0 Å². The lowest BCUT2D eigenvalue weighted by Gasteiger charge is -2.24. The van der Waals surface area contributed by atoms with Gasteiger partial charge in [-0.3, -0.25) is 0 Å². The fraction of sp³-hybridized carbons (Fsp3) is 0.529. The van der Waals surface area contributed by atoms with Crippen LogP contribution in [0.5, 0.6) is 0 Å². The van der Waals surface area contributed by atoms with Crippen LogP contribution in [0.1, 0.15) is 32.6 Å². The van der Waals surface area contributed by atoms with Gasteiger partial charge in [0.15, 0.2) is 0 Å². The summed E-state index contributed by atoms with van der Waals surface area (Å²) in [7, 11) is 2.17. The number of nitrogens with zero attached hydrogens (tertiary/aromatic N) is 1. The molecule has 0 aliphatic rings. The Labute approximate surface area is 122 Å². The molecule has 110 valence electrons. The molecule has 2 rings (SSSR count). The Morgan fingerprint density at radius 2 is 1.95 bits per heavy atom. The lowest BCUT2D eigenvalue weighted by atomic mass is 10.1. The van der Waals surface area contributed by atoms with E-state index in [4.69, 9.17) is 4.42 Å². The van der Waals surface area contributed by atoms with Crippen LogP contribution in [0.2, 0.25) is 0 Å². The van der Waals surface area contributed by atoms with Crippen LogP contribution in [0.4, 0.5) is 0 Å². The molecule has 1 aromatic heterocycles. The summed E-state index contributed by atoms with van der Waals surface area (Å²) >= 11 is 0. The number of likely N-dealkylation sites (N-methyl/N-ethyl adjacent to an activating group) is 2. The Kier molecular flexibility index (Phi) is 5.21. The van der Waals surface area contributed by atoms with Gasteiger partial charge in [-0.25, -0.2) is 0 Å². The summed E-state index contributed by atoms with van der Waals surface area (Å²) in [5, 5.41) is 4.71. The van der Waals surface area contributed by atoms with Crippen molar-refractivity contribution in [3.05, 3.63) is 36.1 Å². The molecule has 20 heavy (non-hydrogen) atoms. The van der Waals surface area contributed by atoms with Gasteiger partial charge >= 0.3 is 0 Å². The van der Waals surface area contributed by atoms with E-state index in [0.717, 1.165) is 31.0 Å². The molecule has 1 atom stereocenters. The highest BCUT2D eigenvalue weighted by molar-refractivity contribution is 5.77. The van der Waals surface area contributed by atoms with E-state index in [1.54, 1.807) is 0 Å². The molecule has 1 aromatic carbocycles. The van der Waals surface area contributed by atoms with E-state index in [1.165, 1.54) is 5.39 Å². The Morgan fingerprint density at radius 1 is 1.20 bits per heavy atom. The molecule has 0 fully saturated rings. The number of rotatable bonds is 7. The molecule has 0 aliphatic heterocycles. The van der Waals surface area contributed by atoms with Crippen LogP contribution >= 0.6 is 0 Å². The molecule has 1 unspecified atom stereocenters. The molecule has 3 heteroatoms. The van der Waals surface area contributed by atoms with E-state index >= 15 is 0 Å². The van der Waals surface area contributed by atoms with Crippen LogP contribution in [0, 0.1) is 5.92 Å². The van der Waals surface area contributed by atoms with Crippen molar-refractivity contribution >= 4 is 11.0 Å². The summed E-state index contributed by atoms with van der Waals surface area (Å²) in [6.45, 7) is 9.64. The molecular weight excluding hydrogens is 248 g/mol. The highest BCUT2D eigenvalue weighted by Gasteiger charge is 2.17. The Balaban J connectivity index is 2.14. The van der Waals surface area contributed by atoms with Crippen molar-refractivity contribution in [2.75, 3.05) is 26.7 Å². The molecule has 0 aliphatic carbocycles. The summed E-state index contributed by atoms with van der Waals surface area (Å²) < 4.78 is 6.00. The molecule has 0 bridgehead atoms. The quantitative estimate of drug-likeness (QED) is 0.835. The van der Waals surface area contributed by atoms with E-state index in [2.05, 4.69) is 56.2 Å². The highest BCUT2D eigenvalue weighted by Crippen LogP contribution is 2.24. The average molecular weight is 274 g/mol. The highest BCUT2D eigenvalue weighted by atomic mass is 16.3. The summed E-state index contributed by atoms with van der Waals surface area (Å²) in [5.74, 6) is 1.71. The van der Waals surface area contributed by atoms with Gasteiger partial charge in [-0.1, -0.05) is 39.0 Å². The third-order valence-electron chi connectivity index (χ3n) is 3.41. The Hall–Kier alpha value is -1.32. The molecule has 1 heterocycles. The van der Waals surface area contributed by atoms with Gasteiger partial charge in [-0.2, -0.15) is 0 Å². The molecule has 2 aromatic rings. The van der Waals surface area contributed by atoms with Gasteiger partial charge in [0.2, 0.25) is 0 Å². The van der Waals surface area contributed by atoms with E-state index in [9.17, 15) is 0 Å². The van der Waals surface area contributed by atoms with Crippen molar-refractivity contribution in [3.63, 3.8) is 0 Å². The lowest BCUT2D eigenvalue weighted by Crippen LogP contribution is -2.34. The number of furan rings is 1. The largest absolute Gasteiger partial charge is 0.459 e. The predicted octanol–water partition coefficient (Wildman–Crippen LogP) is 3.67. The fourth-order valence-electron chi connectivity index (χ4n) is 2.69. The standard InChI is InChI=1S/C17H26N2O/c1-5-18-15(12-19(4)11-13(2)3)17-10-14-8-6-7-9-16(14)20-17/h6-10,13,15,18H,5,11-12H2,1-4H3. The van der Waals surface area contributed by atoms with Gasteiger partial charge < -0.3 is 14.6 Å². The zero-order valence-corrected chi connectivity index (χ0v) is 13.0. The first-order valence-corrected chi connectivity index (χ1v) is 7.50. The Bertz CT molecular complexity index is 500. The van der Waals surface area contributed by atoms with Crippen LogP contribution in [0.25, 0.3) is 11.0 Å². The first-order valence-electron chi connectivity index (χ1n) is 7.50. The maximum Gasteiger partial charge on any atom is 0.134 e. The maximum atomic E-state index is 6.00. The van der Waals surface area contributed by atoms with Crippen molar-refractivity contribution in [2.45, 2.75) is 26.8 Å². The van der Waals surface area contributed by atoms with Crippen LogP contribution in [0.3, 0.4) is 0 Å². The molecule has 0 amide bonds. The second kappa shape index (κ2) is 6.91. The topological polar surface area (TPSA) is 28.4 Å². The van der Waals surface area contributed by atoms with Crippen molar-refractivity contribution < 1.29 is 4.42 Å². The molecule has 0 radical (unpaired) electrons. The number of benzene rings is 1. The molecule has 1 N–H and O–H groups in total. The van der Waals surface area contributed by atoms with Crippen LogP contribution in [-0.4, -0.2) is 31.6 Å². The molecule has 3 nitrogen and oxygen atoms in total. The number of fused-ring (bicyclic) bond motifs is 1. The van der Waals surface area contributed by atoms with Gasteiger partial charge in [0.1, 0.15) is 11.3 Å². The van der Waals surface area contributed by atoms with E-state index in [-0.39, 0.29) is 6.04 Å². The smallest absolute Gasteiger partial charge is 0.134 e. The van der Waals surface area contributed by atoms with Crippen molar-refractivity contribution in [3.8, 4) is 0 Å². The van der Waals surface area contributed by atoms with Crippen molar-refractivity contribution in [2.24, 2.45) is 5.92 Å². The van der Waals surface area contributed by atoms with Gasteiger partial charge in [0.25, 0.3) is 0 Å². The van der Waals surface area contributed by atoms with Gasteiger partial charge in [-0.15, -0.1) is 0 Å². The van der Waals surface area contributed by atoms with Gasteiger partial charge in [0.05, 0.1) is 6.04 Å². The summed E-state index contributed by atoms with van der Waals surface area (Å²) in [6, 6.07) is 10.6. The summed E-state index contributed by atoms with van der Waals surface area (Å²) in [5.41, 5.74) is 0.969. The normalized spacial score (nSPS) is 13.5. The SMILES string of the molecule is CCNC(CN(C)CC(C)C)c1cc2ccccc2o1. The molecule has 0 saturated heterocycles. The molecular formula is C17H26N2O. The fourth-order valence-corrected chi connectivity index (χ4v) is 2.69. The zero-order valence-electron chi connectivity index (χ0n) is 13.0. The molecule has 0 saturated carbocycles. The van der Waals surface area contributed by atoms with Crippen molar-refractivity contribution in [1.82, 2.24) is 10.2 Å². The summed E-state index contributed by atoms with van der Waals surface area (Å²) in [4.78, 5) is 2.37. The minimum atomic E-state index is 0.246. The summed E-state index contributed by atoms with van der Waals surface area (Å²) in [6.07, 6.45) is 0. The minimum Gasteiger partial charge on any atom is -0.459 e. The maximum absolute atomic E-state index is 6.00. The third-order valence-corrected chi connectivity index (χ3v) is 3.41. The van der Waals surface area contributed by atoms with E-state index in [1.807, 2.05) is 12.1 Å². The van der Waals surface area contributed by atoms with Gasteiger partial charge in [0, 0.05) is 18.5 Å². The van der Waals surface area contributed by atoms with E-state index in [0.29, 0.717) is 5.92 Å². The van der Waals surface area contributed by atoms with Crippen LogP contribution in [-0.2, 0) is 0 Å². The number of para-hydroxylation sites is 1. The third kappa shape index (κ3) is 3.84. The van der Waals surface area contributed by atoms with Gasteiger partial charge in [-0.05, 0) is 31.6 Å². The zero-order chi connectivity index (χ0) is 14.5. The predicted molar refractivity (Wildman–Crippen MR) is 85.0 cm³/mol. The number of hydrogen-bond acceptors (Lipinski definition) is 3. The monoisotopic (exact) mass is 274 g/mol. The second-order valence-electron chi connectivity index (χ2n) is 5.91. The molecule has 0 spiro atoms. The van der Waals surface area contributed by atoms with Crippen molar-refractivity contribution in [1.29, 1.82) is 0 Å². The minimum absolute atomic E-state index is 0.246. The van der Waals surface area contributed by atoms with Crippen LogP contribution in [0.15, 0.2) is 34.7 Å². The number of hydrogen-bond donors (Lipinski definition) is 1. The first kappa shape index (κ1) is 15.1. The average Bonchev–Trinajstić information content (AvgIpc) is 2.80. The first-order chi connectivity index (χ1) is 9.60. The second-order valence-corrected chi connectivity index (χ2v) is 5.91. The number of nitrogens with one attached hydrogen (secondary N) is 1.